The summed E-state index contributed by atoms with van der Waals surface area (Å²) in [5.41, 5.74) is 0.650. The summed E-state index contributed by atoms with van der Waals surface area (Å²) in [5, 5.41) is 0.353. The van der Waals surface area contributed by atoms with Crippen LogP contribution in [-0.2, 0) is 17.8 Å². The molecule has 0 N–H and O–H groups in total. The zero-order valence-electron chi connectivity index (χ0n) is 17.4. The monoisotopic (exact) mass is 431 g/mol. The summed E-state index contributed by atoms with van der Waals surface area (Å²) in [7, 11) is 3.01. The van der Waals surface area contributed by atoms with Crippen molar-refractivity contribution >= 4 is 10.9 Å². The molecule has 7 nitrogen and oxygen atoms in total. The fourth-order valence-electron chi connectivity index (χ4n) is 3.66. The number of halogens is 2. The lowest BCUT2D eigenvalue weighted by Crippen LogP contribution is -2.38. The van der Waals surface area contributed by atoms with Crippen molar-refractivity contribution in [2.75, 3.05) is 40.5 Å². The average molecular weight is 431 g/mol. The first-order valence-electron chi connectivity index (χ1n) is 9.89. The van der Waals surface area contributed by atoms with E-state index in [2.05, 4.69) is 4.90 Å². The Kier molecular flexibility index (Phi) is 6.15. The topological polar surface area (TPSA) is 65.8 Å². The molecule has 1 aliphatic rings. The highest BCUT2D eigenvalue weighted by atomic mass is 19.2. The SMILES string of the molecule is COc1cc2nc(CN3CCOCC3)n(Cc3ccc(F)c(F)c3)c(=O)c2cc1OC. The maximum Gasteiger partial charge on any atom is 0.261 e. The average Bonchev–Trinajstić information content (AvgIpc) is 2.78. The van der Waals surface area contributed by atoms with Crippen LogP contribution in [0.4, 0.5) is 8.78 Å². The van der Waals surface area contributed by atoms with E-state index < -0.39 is 11.6 Å². The minimum absolute atomic E-state index is 0.0625. The first kappa shape index (κ1) is 21.2. The number of rotatable bonds is 6. The number of benzene rings is 2. The van der Waals surface area contributed by atoms with E-state index >= 15 is 0 Å². The van der Waals surface area contributed by atoms with Gasteiger partial charge in [0.15, 0.2) is 23.1 Å². The lowest BCUT2D eigenvalue weighted by Gasteiger charge is -2.27. The van der Waals surface area contributed by atoms with E-state index in [4.69, 9.17) is 19.2 Å². The Morgan fingerprint density at radius 3 is 2.39 bits per heavy atom. The van der Waals surface area contributed by atoms with Crippen LogP contribution in [0.5, 0.6) is 11.5 Å². The van der Waals surface area contributed by atoms with Crippen LogP contribution in [0.25, 0.3) is 10.9 Å². The second-order valence-electron chi connectivity index (χ2n) is 7.28. The van der Waals surface area contributed by atoms with Gasteiger partial charge in [0.05, 0.1) is 51.4 Å². The number of morpholine rings is 1. The molecule has 1 fully saturated rings. The minimum Gasteiger partial charge on any atom is -0.493 e. The van der Waals surface area contributed by atoms with Crippen LogP contribution in [0.2, 0.25) is 0 Å². The molecule has 4 rings (SSSR count). The van der Waals surface area contributed by atoms with Gasteiger partial charge in [0.1, 0.15) is 5.82 Å². The van der Waals surface area contributed by atoms with E-state index in [0.717, 1.165) is 12.1 Å². The van der Waals surface area contributed by atoms with E-state index in [-0.39, 0.29) is 12.1 Å². The number of methoxy groups -OCH3 is 2. The van der Waals surface area contributed by atoms with Gasteiger partial charge < -0.3 is 14.2 Å². The molecule has 1 aliphatic heterocycles. The van der Waals surface area contributed by atoms with Crippen molar-refractivity contribution in [3.05, 3.63) is 63.7 Å². The Morgan fingerprint density at radius 2 is 1.71 bits per heavy atom. The molecule has 3 aromatic rings. The van der Waals surface area contributed by atoms with Gasteiger partial charge in [-0.15, -0.1) is 0 Å². The number of nitrogens with zero attached hydrogens (tertiary/aromatic N) is 3. The molecule has 0 bridgehead atoms. The summed E-state index contributed by atoms with van der Waals surface area (Å²) >= 11 is 0. The number of aromatic nitrogens is 2. The Morgan fingerprint density at radius 1 is 1.00 bits per heavy atom. The van der Waals surface area contributed by atoms with Gasteiger partial charge in [0.25, 0.3) is 5.56 Å². The lowest BCUT2D eigenvalue weighted by atomic mass is 10.2. The van der Waals surface area contributed by atoms with Crippen LogP contribution in [0, 0.1) is 11.6 Å². The van der Waals surface area contributed by atoms with Gasteiger partial charge in [-0.3, -0.25) is 14.3 Å². The molecule has 2 heterocycles. The molecule has 0 amide bonds. The fraction of sp³-hybridized carbons (Fsp3) is 0.364. The largest absolute Gasteiger partial charge is 0.493 e. The summed E-state index contributed by atoms with van der Waals surface area (Å²) in [6.07, 6.45) is 0. The van der Waals surface area contributed by atoms with Crippen molar-refractivity contribution in [2.45, 2.75) is 13.1 Å². The Labute approximate surface area is 177 Å². The number of hydrogen-bond acceptors (Lipinski definition) is 6. The van der Waals surface area contributed by atoms with Crippen molar-refractivity contribution < 1.29 is 23.0 Å². The van der Waals surface area contributed by atoms with Crippen molar-refractivity contribution in [1.29, 1.82) is 0 Å². The summed E-state index contributed by atoms with van der Waals surface area (Å²) < 4.78 is 44.7. The summed E-state index contributed by atoms with van der Waals surface area (Å²) in [4.78, 5) is 20.3. The van der Waals surface area contributed by atoms with E-state index in [0.29, 0.717) is 66.6 Å². The highest BCUT2D eigenvalue weighted by molar-refractivity contribution is 5.82. The van der Waals surface area contributed by atoms with Crippen LogP contribution < -0.4 is 15.0 Å². The van der Waals surface area contributed by atoms with Crippen molar-refractivity contribution in [2.24, 2.45) is 0 Å². The molecule has 31 heavy (non-hydrogen) atoms. The molecular weight excluding hydrogens is 408 g/mol. The van der Waals surface area contributed by atoms with Crippen molar-refractivity contribution in [3.8, 4) is 11.5 Å². The zero-order valence-corrected chi connectivity index (χ0v) is 17.4. The van der Waals surface area contributed by atoms with Gasteiger partial charge >= 0.3 is 0 Å². The number of fused-ring (bicyclic) bond motifs is 1. The van der Waals surface area contributed by atoms with Gasteiger partial charge in [0, 0.05) is 19.2 Å². The van der Waals surface area contributed by atoms with E-state index in [1.165, 1.54) is 24.9 Å². The van der Waals surface area contributed by atoms with E-state index in [9.17, 15) is 13.6 Å². The molecule has 0 spiro atoms. The fourth-order valence-corrected chi connectivity index (χ4v) is 3.66. The Balaban J connectivity index is 1.84. The van der Waals surface area contributed by atoms with E-state index in [1.807, 2.05) is 0 Å². The third-order valence-corrected chi connectivity index (χ3v) is 5.33. The number of hydrogen-bond donors (Lipinski definition) is 0. The molecule has 0 unspecified atom stereocenters. The third kappa shape index (κ3) is 4.38. The second kappa shape index (κ2) is 8.99. The first-order chi connectivity index (χ1) is 15.0. The predicted molar refractivity (Wildman–Crippen MR) is 111 cm³/mol. The second-order valence-corrected chi connectivity index (χ2v) is 7.28. The van der Waals surface area contributed by atoms with Gasteiger partial charge in [-0.25, -0.2) is 13.8 Å². The van der Waals surface area contributed by atoms with E-state index in [1.54, 1.807) is 12.1 Å². The zero-order chi connectivity index (χ0) is 22.0. The Hall–Kier alpha value is -3.04. The normalized spacial score (nSPS) is 14.7. The summed E-state index contributed by atoms with van der Waals surface area (Å²) in [5.74, 6) is -0.485. The highest BCUT2D eigenvalue weighted by Crippen LogP contribution is 2.30. The molecule has 1 saturated heterocycles. The van der Waals surface area contributed by atoms with Crippen LogP contribution in [0.3, 0.4) is 0 Å². The van der Waals surface area contributed by atoms with Gasteiger partial charge in [-0.2, -0.15) is 0 Å². The molecule has 0 atom stereocenters. The predicted octanol–water partition coefficient (Wildman–Crippen LogP) is 2.57. The molecule has 1 aromatic heterocycles. The van der Waals surface area contributed by atoms with Crippen LogP contribution in [-0.4, -0.2) is 55.0 Å². The summed E-state index contributed by atoms with van der Waals surface area (Å²) in [6, 6.07) is 6.87. The third-order valence-electron chi connectivity index (χ3n) is 5.33. The van der Waals surface area contributed by atoms with Crippen LogP contribution in [0.1, 0.15) is 11.4 Å². The molecule has 0 radical (unpaired) electrons. The molecule has 164 valence electrons. The molecule has 9 heteroatoms. The Bertz CT molecular complexity index is 1160. The first-order valence-corrected chi connectivity index (χ1v) is 9.89. The van der Waals surface area contributed by atoms with Gasteiger partial charge in [-0.1, -0.05) is 6.07 Å². The summed E-state index contributed by atoms with van der Waals surface area (Å²) in [6.45, 7) is 3.12. The number of ether oxygens (including phenoxy) is 3. The van der Waals surface area contributed by atoms with Crippen molar-refractivity contribution in [1.82, 2.24) is 14.5 Å². The van der Waals surface area contributed by atoms with Gasteiger partial charge in [-0.05, 0) is 23.8 Å². The smallest absolute Gasteiger partial charge is 0.261 e. The molecule has 0 saturated carbocycles. The van der Waals surface area contributed by atoms with Crippen molar-refractivity contribution in [3.63, 3.8) is 0 Å². The maximum absolute atomic E-state index is 13.8. The standard InChI is InChI=1S/C22H23F2N3O4/c1-29-19-10-15-18(11-20(19)30-2)25-21(13-26-5-7-31-8-6-26)27(22(15)28)12-14-3-4-16(23)17(24)9-14/h3-4,9-11H,5-8,12-13H2,1-2H3. The highest BCUT2D eigenvalue weighted by Gasteiger charge is 2.19. The lowest BCUT2D eigenvalue weighted by molar-refractivity contribution is 0.0325. The van der Waals surface area contributed by atoms with Gasteiger partial charge in [0.2, 0.25) is 0 Å². The molecule has 0 aliphatic carbocycles. The van der Waals surface area contributed by atoms with Crippen LogP contribution in [0.15, 0.2) is 35.1 Å². The maximum atomic E-state index is 13.8. The minimum atomic E-state index is -0.958. The van der Waals surface area contributed by atoms with Crippen LogP contribution >= 0.6 is 0 Å². The molecule has 2 aromatic carbocycles. The molecular formula is C22H23F2N3O4. The quantitative estimate of drug-likeness (QED) is 0.598.